The standard InChI is InChI=1S/C16H26N4O2/c1-4-5-6-8-18-15(21)13-7-9-17-14(12-13)16(22)19-10-11-20(2)3/h7,9,12H,4-6,8,10-11H2,1-3H3,(H,18,21)(H,19,22). The molecule has 1 heterocycles. The Bertz CT molecular complexity index is 489. The van der Waals surface area contributed by atoms with Gasteiger partial charge < -0.3 is 15.5 Å². The normalized spacial score (nSPS) is 10.5. The summed E-state index contributed by atoms with van der Waals surface area (Å²) in [4.78, 5) is 30.0. The molecular weight excluding hydrogens is 280 g/mol. The molecule has 0 aliphatic heterocycles. The molecule has 0 fully saturated rings. The Morgan fingerprint density at radius 3 is 2.55 bits per heavy atom. The number of likely N-dealkylation sites (N-methyl/N-ethyl adjacent to an activating group) is 1. The summed E-state index contributed by atoms with van der Waals surface area (Å²) in [6, 6.07) is 3.14. The number of unbranched alkanes of at least 4 members (excludes halogenated alkanes) is 2. The lowest BCUT2D eigenvalue weighted by molar-refractivity contribution is 0.0946. The van der Waals surface area contributed by atoms with Crippen molar-refractivity contribution in [2.45, 2.75) is 26.2 Å². The van der Waals surface area contributed by atoms with Crippen molar-refractivity contribution in [3.63, 3.8) is 0 Å². The molecule has 0 radical (unpaired) electrons. The lowest BCUT2D eigenvalue weighted by atomic mass is 10.2. The second-order valence-corrected chi connectivity index (χ2v) is 5.45. The van der Waals surface area contributed by atoms with Crippen molar-refractivity contribution in [3.05, 3.63) is 29.6 Å². The highest BCUT2D eigenvalue weighted by molar-refractivity contribution is 5.98. The van der Waals surface area contributed by atoms with Crippen molar-refractivity contribution in [1.82, 2.24) is 20.5 Å². The van der Waals surface area contributed by atoms with Crippen LogP contribution in [-0.2, 0) is 0 Å². The third-order valence-electron chi connectivity index (χ3n) is 3.17. The Balaban J connectivity index is 2.53. The summed E-state index contributed by atoms with van der Waals surface area (Å²) in [7, 11) is 3.88. The van der Waals surface area contributed by atoms with Gasteiger partial charge in [-0.2, -0.15) is 0 Å². The molecule has 2 amide bonds. The highest BCUT2D eigenvalue weighted by atomic mass is 16.2. The fourth-order valence-electron chi connectivity index (χ4n) is 1.86. The predicted molar refractivity (Wildman–Crippen MR) is 87.0 cm³/mol. The van der Waals surface area contributed by atoms with Crippen LogP contribution < -0.4 is 10.6 Å². The number of rotatable bonds is 9. The molecule has 0 unspecified atom stereocenters. The van der Waals surface area contributed by atoms with Crippen LogP contribution in [0.15, 0.2) is 18.3 Å². The maximum absolute atomic E-state index is 12.0. The van der Waals surface area contributed by atoms with E-state index < -0.39 is 0 Å². The van der Waals surface area contributed by atoms with E-state index in [1.54, 1.807) is 6.07 Å². The fraction of sp³-hybridized carbons (Fsp3) is 0.562. The molecule has 0 aromatic carbocycles. The maximum Gasteiger partial charge on any atom is 0.269 e. The molecule has 1 aromatic rings. The van der Waals surface area contributed by atoms with E-state index in [0.29, 0.717) is 18.7 Å². The van der Waals surface area contributed by atoms with Crippen LogP contribution in [0.4, 0.5) is 0 Å². The first-order valence-electron chi connectivity index (χ1n) is 7.71. The second-order valence-electron chi connectivity index (χ2n) is 5.45. The van der Waals surface area contributed by atoms with Gasteiger partial charge in [-0.25, -0.2) is 0 Å². The number of hydrogen-bond acceptors (Lipinski definition) is 4. The number of aromatic nitrogens is 1. The van der Waals surface area contributed by atoms with E-state index in [0.717, 1.165) is 25.8 Å². The summed E-state index contributed by atoms with van der Waals surface area (Å²) < 4.78 is 0. The number of carbonyl (C=O) groups excluding carboxylic acids is 2. The number of nitrogens with zero attached hydrogens (tertiary/aromatic N) is 2. The quantitative estimate of drug-likeness (QED) is 0.674. The van der Waals surface area contributed by atoms with Crippen molar-refractivity contribution < 1.29 is 9.59 Å². The molecule has 0 atom stereocenters. The number of nitrogens with one attached hydrogen (secondary N) is 2. The Morgan fingerprint density at radius 2 is 1.86 bits per heavy atom. The fourth-order valence-corrected chi connectivity index (χ4v) is 1.86. The number of pyridine rings is 1. The van der Waals surface area contributed by atoms with E-state index in [4.69, 9.17) is 0 Å². The highest BCUT2D eigenvalue weighted by Gasteiger charge is 2.11. The zero-order chi connectivity index (χ0) is 16.4. The molecule has 6 heteroatoms. The summed E-state index contributed by atoms with van der Waals surface area (Å²) >= 11 is 0. The van der Waals surface area contributed by atoms with Gasteiger partial charge in [-0.3, -0.25) is 14.6 Å². The van der Waals surface area contributed by atoms with Crippen molar-refractivity contribution in [2.75, 3.05) is 33.7 Å². The molecule has 1 rings (SSSR count). The van der Waals surface area contributed by atoms with E-state index in [1.165, 1.54) is 12.3 Å². The van der Waals surface area contributed by atoms with Gasteiger partial charge in [0.05, 0.1) is 0 Å². The van der Waals surface area contributed by atoms with Crippen LogP contribution in [0.25, 0.3) is 0 Å². The summed E-state index contributed by atoms with van der Waals surface area (Å²) in [6.45, 7) is 4.07. The van der Waals surface area contributed by atoms with Crippen LogP contribution in [0, 0.1) is 0 Å². The number of carbonyl (C=O) groups is 2. The van der Waals surface area contributed by atoms with E-state index >= 15 is 0 Å². The van der Waals surface area contributed by atoms with Gasteiger partial charge in [-0.05, 0) is 32.6 Å². The third kappa shape index (κ3) is 6.67. The van der Waals surface area contributed by atoms with Gasteiger partial charge in [-0.15, -0.1) is 0 Å². The Morgan fingerprint density at radius 1 is 1.14 bits per heavy atom. The van der Waals surface area contributed by atoms with E-state index in [9.17, 15) is 9.59 Å². The maximum atomic E-state index is 12.0. The predicted octanol–water partition coefficient (Wildman–Crippen LogP) is 1.29. The molecule has 0 spiro atoms. The zero-order valence-corrected chi connectivity index (χ0v) is 13.7. The van der Waals surface area contributed by atoms with Crippen LogP contribution >= 0.6 is 0 Å². The van der Waals surface area contributed by atoms with Crippen molar-refractivity contribution in [1.29, 1.82) is 0 Å². The second kappa shape index (κ2) is 9.89. The molecule has 1 aromatic heterocycles. The molecular formula is C16H26N4O2. The minimum absolute atomic E-state index is 0.166. The van der Waals surface area contributed by atoms with Crippen molar-refractivity contribution in [2.24, 2.45) is 0 Å². The molecule has 122 valence electrons. The summed E-state index contributed by atoms with van der Waals surface area (Å²) in [5, 5.41) is 5.63. The first-order valence-corrected chi connectivity index (χ1v) is 7.71. The van der Waals surface area contributed by atoms with Gasteiger partial charge in [0.25, 0.3) is 11.8 Å². The zero-order valence-electron chi connectivity index (χ0n) is 13.7. The Labute approximate surface area is 132 Å². The van der Waals surface area contributed by atoms with Crippen LogP contribution in [0.2, 0.25) is 0 Å². The molecule has 6 nitrogen and oxygen atoms in total. The average Bonchev–Trinajstić information content (AvgIpc) is 2.51. The third-order valence-corrected chi connectivity index (χ3v) is 3.17. The summed E-state index contributed by atoms with van der Waals surface area (Å²) in [6.07, 6.45) is 4.66. The van der Waals surface area contributed by atoms with Crippen LogP contribution in [0.1, 0.15) is 47.0 Å². The Kier molecular flexibility index (Phi) is 8.14. The minimum atomic E-state index is -0.262. The monoisotopic (exact) mass is 306 g/mol. The molecule has 0 saturated heterocycles. The highest BCUT2D eigenvalue weighted by Crippen LogP contribution is 2.02. The van der Waals surface area contributed by atoms with Crippen LogP contribution in [-0.4, -0.2) is 55.4 Å². The van der Waals surface area contributed by atoms with Gasteiger partial charge in [0.2, 0.25) is 0 Å². The molecule has 0 aliphatic carbocycles. The van der Waals surface area contributed by atoms with E-state index in [-0.39, 0.29) is 17.5 Å². The van der Waals surface area contributed by atoms with Crippen molar-refractivity contribution >= 4 is 11.8 Å². The van der Waals surface area contributed by atoms with E-state index in [1.807, 2.05) is 19.0 Å². The molecule has 0 saturated carbocycles. The number of hydrogen-bond donors (Lipinski definition) is 2. The molecule has 2 N–H and O–H groups in total. The topological polar surface area (TPSA) is 74.3 Å². The molecule has 22 heavy (non-hydrogen) atoms. The van der Waals surface area contributed by atoms with Crippen molar-refractivity contribution in [3.8, 4) is 0 Å². The van der Waals surface area contributed by atoms with Gasteiger partial charge in [-0.1, -0.05) is 19.8 Å². The van der Waals surface area contributed by atoms with Gasteiger partial charge in [0.15, 0.2) is 0 Å². The largest absolute Gasteiger partial charge is 0.352 e. The number of amides is 2. The first kappa shape index (κ1) is 18.1. The first-order chi connectivity index (χ1) is 10.5. The van der Waals surface area contributed by atoms with Crippen LogP contribution in [0.5, 0.6) is 0 Å². The average molecular weight is 306 g/mol. The van der Waals surface area contributed by atoms with Gasteiger partial charge in [0, 0.05) is 31.4 Å². The Hall–Kier alpha value is -1.95. The summed E-state index contributed by atoms with van der Waals surface area (Å²) in [5.74, 6) is -0.427. The molecule has 0 bridgehead atoms. The molecule has 0 aliphatic rings. The van der Waals surface area contributed by atoms with Gasteiger partial charge >= 0.3 is 0 Å². The lowest BCUT2D eigenvalue weighted by Crippen LogP contribution is -2.32. The summed E-state index contributed by atoms with van der Waals surface area (Å²) in [5.41, 5.74) is 0.726. The van der Waals surface area contributed by atoms with Crippen LogP contribution in [0.3, 0.4) is 0 Å². The SMILES string of the molecule is CCCCCNC(=O)c1ccnc(C(=O)NCCN(C)C)c1. The lowest BCUT2D eigenvalue weighted by Gasteiger charge is -2.10. The van der Waals surface area contributed by atoms with E-state index in [2.05, 4.69) is 22.5 Å². The van der Waals surface area contributed by atoms with Gasteiger partial charge in [0.1, 0.15) is 5.69 Å². The minimum Gasteiger partial charge on any atom is -0.352 e. The smallest absolute Gasteiger partial charge is 0.269 e.